The average Bonchev–Trinajstić information content (AvgIpc) is 3.01. The SMILES string of the molecule is C1CSC(N2CC(SSC3C[N+](=C4NCCS4)C3)C2)=N1. The van der Waals surface area contributed by atoms with E-state index < -0.39 is 0 Å². The van der Waals surface area contributed by atoms with Gasteiger partial charge in [0.05, 0.1) is 23.6 Å². The molecule has 0 aromatic heterocycles. The number of amidine groups is 2. The molecule has 3 fully saturated rings. The van der Waals surface area contributed by atoms with E-state index >= 15 is 0 Å². The molecular formula is C12H19N4S4+. The Labute approximate surface area is 136 Å². The minimum Gasteiger partial charge on any atom is -0.349 e. The number of nitrogens with one attached hydrogen (secondary N) is 1. The van der Waals surface area contributed by atoms with Gasteiger partial charge >= 0.3 is 5.17 Å². The number of hydrogen-bond donors (Lipinski definition) is 1. The molecule has 4 nitrogen and oxygen atoms in total. The first kappa shape index (κ1) is 14.0. The van der Waals surface area contributed by atoms with Gasteiger partial charge in [0.2, 0.25) is 0 Å². The maximum absolute atomic E-state index is 4.54. The fourth-order valence-electron chi connectivity index (χ4n) is 2.55. The van der Waals surface area contributed by atoms with E-state index in [2.05, 4.69) is 41.4 Å². The van der Waals surface area contributed by atoms with Crippen molar-refractivity contribution in [3.05, 3.63) is 0 Å². The molecule has 0 atom stereocenters. The molecule has 4 aliphatic heterocycles. The predicted octanol–water partition coefficient (Wildman–Crippen LogP) is 1.24. The molecular weight excluding hydrogens is 328 g/mol. The van der Waals surface area contributed by atoms with E-state index in [4.69, 9.17) is 0 Å². The van der Waals surface area contributed by atoms with Gasteiger partial charge in [-0.3, -0.25) is 14.9 Å². The zero-order valence-corrected chi connectivity index (χ0v) is 14.6. The molecule has 20 heavy (non-hydrogen) atoms. The fourth-order valence-corrected chi connectivity index (χ4v) is 7.32. The van der Waals surface area contributed by atoms with Crippen LogP contribution in [0.5, 0.6) is 0 Å². The summed E-state index contributed by atoms with van der Waals surface area (Å²) in [5, 5.41) is 7.81. The van der Waals surface area contributed by atoms with Crippen molar-refractivity contribution in [2.24, 2.45) is 4.99 Å². The second-order valence-electron chi connectivity index (χ2n) is 5.34. The molecule has 0 amide bonds. The van der Waals surface area contributed by atoms with Crippen molar-refractivity contribution in [3.8, 4) is 0 Å². The number of likely N-dealkylation sites (tertiary alicyclic amines) is 1. The topological polar surface area (TPSA) is 30.6 Å². The van der Waals surface area contributed by atoms with Crippen molar-refractivity contribution in [1.82, 2.24) is 10.2 Å². The number of aliphatic imine (C=N–C) groups is 1. The van der Waals surface area contributed by atoms with Gasteiger partial charge in [-0.25, -0.2) is 0 Å². The van der Waals surface area contributed by atoms with Crippen LogP contribution >= 0.6 is 45.1 Å². The first-order valence-electron chi connectivity index (χ1n) is 7.11. The third-order valence-electron chi connectivity index (χ3n) is 3.77. The summed E-state index contributed by atoms with van der Waals surface area (Å²) in [6.45, 7) is 7.02. The van der Waals surface area contributed by atoms with Crippen LogP contribution < -0.4 is 5.32 Å². The first-order chi connectivity index (χ1) is 9.88. The lowest BCUT2D eigenvalue weighted by Gasteiger charge is -2.40. The Morgan fingerprint density at radius 2 is 2.00 bits per heavy atom. The predicted molar refractivity (Wildman–Crippen MR) is 94.6 cm³/mol. The normalized spacial score (nSPS) is 30.1. The molecule has 1 N–H and O–H groups in total. The molecule has 0 aliphatic carbocycles. The maximum atomic E-state index is 4.54. The summed E-state index contributed by atoms with van der Waals surface area (Å²) >= 11 is 3.90. The van der Waals surface area contributed by atoms with Crippen LogP contribution in [-0.4, -0.2) is 81.1 Å². The molecule has 0 unspecified atom stereocenters. The average molecular weight is 348 g/mol. The smallest absolute Gasteiger partial charge is 0.306 e. The first-order valence-corrected chi connectivity index (χ1v) is 11.4. The lowest BCUT2D eigenvalue weighted by Crippen LogP contribution is -2.51. The van der Waals surface area contributed by atoms with Gasteiger partial charge in [0.1, 0.15) is 13.1 Å². The van der Waals surface area contributed by atoms with Gasteiger partial charge in [0.15, 0.2) is 5.17 Å². The van der Waals surface area contributed by atoms with E-state index in [0.29, 0.717) is 0 Å². The minimum atomic E-state index is 0.810. The van der Waals surface area contributed by atoms with E-state index in [0.717, 1.165) is 23.6 Å². The zero-order valence-electron chi connectivity index (χ0n) is 11.3. The van der Waals surface area contributed by atoms with Crippen molar-refractivity contribution in [2.45, 2.75) is 10.5 Å². The van der Waals surface area contributed by atoms with Crippen LogP contribution in [-0.2, 0) is 0 Å². The second-order valence-corrected chi connectivity index (χ2v) is 10.4. The summed E-state index contributed by atoms with van der Waals surface area (Å²) in [5.74, 6) is 2.42. The van der Waals surface area contributed by atoms with E-state index in [1.807, 2.05) is 23.5 Å². The molecule has 8 heteroatoms. The Morgan fingerprint density at radius 1 is 1.15 bits per heavy atom. The van der Waals surface area contributed by atoms with Gasteiger partial charge in [-0.15, -0.1) is 0 Å². The standard InChI is InChI=1S/C12H18N4S4/c1-3-17-11(13-1)15-5-9(6-15)19-20-10-7-16(8-10)12-14-2-4-18-12/h9-10H,1-8H2/p+1. The largest absolute Gasteiger partial charge is 0.349 e. The molecule has 0 radical (unpaired) electrons. The highest BCUT2D eigenvalue weighted by molar-refractivity contribution is 8.77. The van der Waals surface area contributed by atoms with Gasteiger partial charge in [0.25, 0.3) is 0 Å². The highest BCUT2D eigenvalue weighted by Gasteiger charge is 2.36. The summed E-state index contributed by atoms with van der Waals surface area (Å²) in [6, 6.07) is 0. The van der Waals surface area contributed by atoms with Crippen LogP contribution in [0.2, 0.25) is 0 Å². The second kappa shape index (κ2) is 6.22. The third kappa shape index (κ3) is 2.94. The van der Waals surface area contributed by atoms with E-state index in [9.17, 15) is 0 Å². The molecule has 3 saturated heterocycles. The van der Waals surface area contributed by atoms with Crippen molar-refractivity contribution < 1.29 is 4.58 Å². The highest BCUT2D eigenvalue weighted by atomic mass is 33.1. The van der Waals surface area contributed by atoms with Crippen LogP contribution in [0.15, 0.2) is 4.99 Å². The van der Waals surface area contributed by atoms with Crippen LogP contribution in [0, 0.1) is 0 Å². The van der Waals surface area contributed by atoms with Gasteiger partial charge in [0, 0.05) is 24.6 Å². The van der Waals surface area contributed by atoms with Gasteiger partial charge in [-0.1, -0.05) is 33.3 Å². The molecule has 0 bridgehead atoms. The molecule has 4 heterocycles. The van der Waals surface area contributed by atoms with E-state index in [-0.39, 0.29) is 0 Å². The van der Waals surface area contributed by atoms with Crippen molar-refractivity contribution in [1.29, 1.82) is 0 Å². The van der Waals surface area contributed by atoms with Gasteiger partial charge in [-0.05, 0) is 11.8 Å². The van der Waals surface area contributed by atoms with Crippen LogP contribution in [0.1, 0.15) is 0 Å². The van der Waals surface area contributed by atoms with E-state index in [1.165, 1.54) is 48.0 Å². The van der Waals surface area contributed by atoms with Crippen molar-refractivity contribution in [3.63, 3.8) is 0 Å². The lowest BCUT2D eigenvalue weighted by atomic mass is 10.2. The number of thioether (sulfide) groups is 2. The van der Waals surface area contributed by atoms with Crippen LogP contribution in [0.3, 0.4) is 0 Å². The minimum absolute atomic E-state index is 0.810. The Hall–Kier alpha value is 0.340. The van der Waals surface area contributed by atoms with Gasteiger partial charge < -0.3 is 4.90 Å². The number of hydrogen-bond acceptors (Lipinski definition) is 6. The highest BCUT2D eigenvalue weighted by Crippen LogP contribution is 2.39. The van der Waals surface area contributed by atoms with Crippen LogP contribution in [0.25, 0.3) is 0 Å². The summed E-state index contributed by atoms with van der Waals surface area (Å²) in [6.07, 6.45) is 0. The molecule has 4 aliphatic rings. The molecule has 4 rings (SSSR count). The third-order valence-corrected chi connectivity index (χ3v) is 9.10. The molecule has 0 aromatic carbocycles. The molecule has 0 saturated carbocycles. The Balaban J connectivity index is 1.14. The van der Waals surface area contributed by atoms with Crippen LogP contribution in [0.4, 0.5) is 0 Å². The van der Waals surface area contributed by atoms with Crippen molar-refractivity contribution >= 4 is 55.4 Å². The Morgan fingerprint density at radius 3 is 2.70 bits per heavy atom. The van der Waals surface area contributed by atoms with E-state index in [1.54, 1.807) is 0 Å². The van der Waals surface area contributed by atoms with Gasteiger partial charge in [-0.2, -0.15) is 0 Å². The summed E-state index contributed by atoms with van der Waals surface area (Å²) in [7, 11) is 4.21. The summed E-state index contributed by atoms with van der Waals surface area (Å²) in [4.78, 5) is 6.98. The maximum Gasteiger partial charge on any atom is 0.306 e. The number of rotatable bonds is 3. The monoisotopic (exact) mass is 347 g/mol. The Bertz CT molecular complexity index is 431. The summed E-state index contributed by atoms with van der Waals surface area (Å²) in [5.41, 5.74) is 0. The molecule has 110 valence electrons. The molecule has 0 spiro atoms. The van der Waals surface area contributed by atoms with Crippen molar-refractivity contribution in [2.75, 3.05) is 50.8 Å². The fraction of sp³-hybridized carbons (Fsp3) is 0.833. The quantitative estimate of drug-likeness (QED) is 0.611. The Kier molecular flexibility index (Phi) is 4.34. The zero-order chi connectivity index (χ0) is 13.4. The molecule has 0 aromatic rings. The summed E-state index contributed by atoms with van der Waals surface area (Å²) < 4.78 is 2.49. The number of nitrogens with zero attached hydrogens (tertiary/aromatic N) is 3. The lowest BCUT2D eigenvalue weighted by molar-refractivity contribution is -0.578.